The van der Waals surface area contributed by atoms with Crippen LogP contribution in [0.2, 0.25) is 0 Å². The lowest BCUT2D eigenvalue weighted by Crippen LogP contribution is -2.50. The molecule has 6 heteroatoms. The average molecular weight is 230 g/mol. The van der Waals surface area contributed by atoms with E-state index in [9.17, 15) is 9.59 Å². The van der Waals surface area contributed by atoms with E-state index in [0.29, 0.717) is 6.04 Å². The van der Waals surface area contributed by atoms with Crippen molar-refractivity contribution in [3.05, 3.63) is 0 Å². The van der Waals surface area contributed by atoms with Gasteiger partial charge in [0.1, 0.15) is 12.1 Å². The van der Waals surface area contributed by atoms with Crippen molar-refractivity contribution >= 4 is 11.9 Å². The number of carboxylic acids is 1. The number of nitrogens with one attached hydrogen (secondary N) is 1. The molecule has 0 saturated heterocycles. The fourth-order valence-electron chi connectivity index (χ4n) is 1.18. The van der Waals surface area contributed by atoms with Crippen molar-refractivity contribution in [2.45, 2.75) is 37.8 Å². The molecule has 0 radical (unpaired) electrons. The van der Waals surface area contributed by atoms with Crippen LogP contribution in [0.3, 0.4) is 0 Å². The van der Waals surface area contributed by atoms with E-state index in [1.165, 1.54) is 13.3 Å². The molecule has 92 valence electrons. The molecule has 0 aromatic heterocycles. The van der Waals surface area contributed by atoms with Gasteiger partial charge < -0.3 is 20.9 Å². The number of carbonyl (C=O) groups excluding carboxylic acids is 1. The maximum Gasteiger partial charge on any atom is 0.326 e. The molecule has 1 saturated carbocycles. The second kappa shape index (κ2) is 5.27. The summed E-state index contributed by atoms with van der Waals surface area (Å²) >= 11 is 0. The van der Waals surface area contributed by atoms with Crippen LogP contribution in [-0.2, 0) is 14.3 Å². The van der Waals surface area contributed by atoms with E-state index in [1.54, 1.807) is 0 Å². The molecule has 16 heavy (non-hydrogen) atoms. The zero-order valence-corrected chi connectivity index (χ0v) is 9.36. The number of carbonyl (C=O) groups is 2. The lowest BCUT2D eigenvalue weighted by Gasteiger charge is -2.26. The Labute approximate surface area is 94.1 Å². The maximum atomic E-state index is 11.2. The van der Waals surface area contributed by atoms with E-state index in [4.69, 9.17) is 15.6 Å². The smallest absolute Gasteiger partial charge is 0.326 e. The van der Waals surface area contributed by atoms with E-state index >= 15 is 0 Å². The van der Waals surface area contributed by atoms with Crippen LogP contribution in [0.4, 0.5) is 0 Å². The summed E-state index contributed by atoms with van der Waals surface area (Å²) in [4.78, 5) is 21.8. The molecule has 1 fully saturated rings. The van der Waals surface area contributed by atoms with Crippen LogP contribution in [0, 0.1) is 0 Å². The summed E-state index contributed by atoms with van der Waals surface area (Å²) in [5, 5.41) is 11.7. The number of hydrogen-bond donors (Lipinski definition) is 3. The standard InChI is InChI=1S/C10H18N2O4/c1-10(11,9(14)15)6-16-8(13)5-12-7-3-2-4-7/h7,12H,2-6,11H2,1H3,(H,14,15)/t10-/m0/s1. The first kappa shape index (κ1) is 12.9. The fraction of sp³-hybridized carbons (Fsp3) is 0.800. The van der Waals surface area contributed by atoms with Crippen molar-refractivity contribution in [3.8, 4) is 0 Å². The number of carboxylic acid groups (broad SMARTS) is 1. The van der Waals surface area contributed by atoms with Gasteiger partial charge in [-0.25, -0.2) is 0 Å². The minimum absolute atomic E-state index is 0.111. The number of ether oxygens (including phenoxy) is 1. The van der Waals surface area contributed by atoms with Crippen LogP contribution < -0.4 is 11.1 Å². The van der Waals surface area contributed by atoms with Gasteiger partial charge in [0.05, 0.1) is 6.54 Å². The van der Waals surface area contributed by atoms with Crippen LogP contribution in [0.5, 0.6) is 0 Å². The highest BCUT2D eigenvalue weighted by Crippen LogP contribution is 2.17. The molecule has 0 aromatic rings. The van der Waals surface area contributed by atoms with Gasteiger partial charge >= 0.3 is 11.9 Å². The maximum absolute atomic E-state index is 11.2. The zero-order chi connectivity index (χ0) is 12.2. The predicted octanol–water partition coefficient (Wildman–Crippen LogP) is -0.526. The van der Waals surface area contributed by atoms with Crippen LogP contribution >= 0.6 is 0 Å². The Morgan fingerprint density at radius 2 is 2.19 bits per heavy atom. The largest absolute Gasteiger partial charge is 0.480 e. The predicted molar refractivity (Wildman–Crippen MR) is 56.8 cm³/mol. The molecule has 0 aromatic carbocycles. The summed E-state index contributed by atoms with van der Waals surface area (Å²) < 4.78 is 4.78. The first-order valence-corrected chi connectivity index (χ1v) is 5.33. The van der Waals surface area contributed by atoms with Gasteiger partial charge in [0.25, 0.3) is 0 Å². The molecule has 0 spiro atoms. The molecule has 1 rings (SSSR count). The number of aliphatic carboxylic acids is 1. The van der Waals surface area contributed by atoms with Gasteiger partial charge in [0.15, 0.2) is 0 Å². The zero-order valence-electron chi connectivity index (χ0n) is 9.36. The Kier molecular flexibility index (Phi) is 4.26. The van der Waals surface area contributed by atoms with Gasteiger partial charge in [-0.05, 0) is 19.8 Å². The Morgan fingerprint density at radius 3 is 2.62 bits per heavy atom. The van der Waals surface area contributed by atoms with Crippen molar-refractivity contribution in [2.24, 2.45) is 5.73 Å². The lowest BCUT2D eigenvalue weighted by atomic mass is 9.93. The van der Waals surface area contributed by atoms with E-state index in [0.717, 1.165) is 12.8 Å². The second-order valence-corrected chi connectivity index (χ2v) is 4.39. The average Bonchev–Trinajstić information content (AvgIpc) is 2.12. The van der Waals surface area contributed by atoms with Crippen molar-refractivity contribution < 1.29 is 19.4 Å². The molecule has 0 heterocycles. The van der Waals surface area contributed by atoms with Gasteiger partial charge in [-0.3, -0.25) is 9.59 Å². The highest BCUT2D eigenvalue weighted by molar-refractivity contribution is 5.79. The number of nitrogens with two attached hydrogens (primary N) is 1. The SMILES string of the molecule is C[C@](N)(COC(=O)CNC1CCC1)C(=O)O. The Balaban J connectivity index is 2.16. The summed E-state index contributed by atoms with van der Waals surface area (Å²) in [6, 6.07) is 0.399. The third-order valence-electron chi connectivity index (χ3n) is 2.66. The monoisotopic (exact) mass is 230 g/mol. The summed E-state index contributed by atoms with van der Waals surface area (Å²) in [5.41, 5.74) is 3.88. The quantitative estimate of drug-likeness (QED) is 0.530. The number of rotatable bonds is 6. The Bertz CT molecular complexity index is 274. The highest BCUT2D eigenvalue weighted by Gasteiger charge is 2.29. The summed E-state index contributed by atoms with van der Waals surface area (Å²) in [6.45, 7) is 1.11. The molecule has 0 unspecified atom stereocenters. The first-order chi connectivity index (χ1) is 7.42. The summed E-state index contributed by atoms with van der Waals surface area (Å²) in [6.07, 6.45) is 3.35. The third kappa shape index (κ3) is 3.79. The Hall–Kier alpha value is -1.14. The topological polar surface area (TPSA) is 102 Å². The number of esters is 1. The van der Waals surface area contributed by atoms with Crippen LogP contribution in [0.25, 0.3) is 0 Å². The molecule has 4 N–H and O–H groups in total. The van der Waals surface area contributed by atoms with Gasteiger partial charge in [-0.1, -0.05) is 6.42 Å². The van der Waals surface area contributed by atoms with Gasteiger partial charge in [-0.2, -0.15) is 0 Å². The minimum Gasteiger partial charge on any atom is -0.480 e. The lowest BCUT2D eigenvalue weighted by molar-refractivity contribution is -0.151. The summed E-state index contributed by atoms with van der Waals surface area (Å²) in [5.74, 6) is -1.66. The number of hydrogen-bond acceptors (Lipinski definition) is 5. The second-order valence-electron chi connectivity index (χ2n) is 4.39. The molecule has 0 bridgehead atoms. The summed E-state index contributed by atoms with van der Waals surface area (Å²) in [7, 11) is 0. The molecule has 1 atom stereocenters. The van der Waals surface area contributed by atoms with Gasteiger partial charge in [0, 0.05) is 6.04 Å². The normalized spacial score (nSPS) is 19.6. The highest BCUT2D eigenvalue weighted by atomic mass is 16.5. The molecule has 1 aliphatic rings. The van der Waals surface area contributed by atoms with E-state index in [1.807, 2.05) is 0 Å². The van der Waals surface area contributed by atoms with E-state index in [2.05, 4.69) is 5.32 Å². The fourth-order valence-corrected chi connectivity index (χ4v) is 1.18. The van der Waals surface area contributed by atoms with Crippen molar-refractivity contribution in [1.29, 1.82) is 0 Å². The third-order valence-corrected chi connectivity index (χ3v) is 2.66. The van der Waals surface area contributed by atoms with E-state index < -0.39 is 17.5 Å². The van der Waals surface area contributed by atoms with Gasteiger partial charge in [-0.15, -0.1) is 0 Å². The van der Waals surface area contributed by atoms with Gasteiger partial charge in [0.2, 0.25) is 0 Å². The minimum atomic E-state index is -1.52. The van der Waals surface area contributed by atoms with Crippen LogP contribution in [0.15, 0.2) is 0 Å². The van der Waals surface area contributed by atoms with Crippen molar-refractivity contribution in [3.63, 3.8) is 0 Å². The van der Waals surface area contributed by atoms with Crippen LogP contribution in [0.1, 0.15) is 26.2 Å². The first-order valence-electron chi connectivity index (χ1n) is 5.33. The molecular weight excluding hydrogens is 212 g/mol. The molecular formula is C10H18N2O4. The van der Waals surface area contributed by atoms with Crippen molar-refractivity contribution in [1.82, 2.24) is 5.32 Å². The van der Waals surface area contributed by atoms with Crippen molar-refractivity contribution in [2.75, 3.05) is 13.2 Å². The van der Waals surface area contributed by atoms with E-state index in [-0.39, 0.29) is 13.2 Å². The molecule has 0 amide bonds. The molecule has 1 aliphatic carbocycles. The Morgan fingerprint density at radius 1 is 1.56 bits per heavy atom. The van der Waals surface area contributed by atoms with Crippen LogP contribution in [-0.4, -0.2) is 41.8 Å². The molecule has 6 nitrogen and oxygen atoms in total. The molecule has 0 aliphatic heterocycles.